The van der Waals surface area contributed by atoms with Crippen molar-refractivity contribution >= 4 is 5.91 Å². The van der Waals surface area contributed by atoms with Crippen LogP contribution in [0.25, 0.3) is 0 Å². The first-order valence-electron chi connectivity index (χ1n) is 27.3. The summed E-state index contributed by atoms with van der Waals surface area (Å²) in [6.07, 6.45) is 58.8. The van der Waals surface area contributed by atoms with Crippen LogP contribution >= 0.6 is 0 Å². The molecular formula is C58H101NO8. The molecule has 1 fully saturated rings. The number of hydrogen-bond acceptors (Lipinski definition) is 8. The minimum atomic E-state index is -1.56. The van der Waals surface area contributed by atoms with Crippen molar-refractivity contribution in [1.29, 1.82) is 0 Å². The number of hydrogen-bond donors (Lipinski definition) is 6. The molecule has 0 aromatic rings. The Kier molecular flexibility index (Phi) is 43.8. The predicted molar refractivity (Wildman–Crippen MR) is 281 cm³/mol. The van der Waals surface area contributed by atoms with E-state index in [9.17, 15) is 30.3 Å². The van der Waals surface area contributed by atoms with Crippen molar-refractivity contribution in [2.24, 2.45) is 0 Å². The molecule has 0 aromatic carbocycles. The standard InChI is InChI=1S/C58H101NO8/c1-3-5-7-9-11-13-15-17-19-20-21-22-23-24-25-26-27-28-29-30-31-32-34-36-38-40-42-44-46-48-54(62)59-51(50-66-58-57(65)56(64)55(63)53(49-60)67-58)52(61)47-45-43-41-39-37-35-33-18-16-14-12-10-8-6-4-2/h5,7,11,13,17,19,21-22,24-25,27-28,30-31,51-53,55-58,60-61,63-65H,3-4,6,8-10,12,14-16,18,20,23,26,29,32-50H2,1-2H3,(H,59,62)/b7-5-,13-11-,19-17-,22-21-,25-24-,28-27-,31-30-. The molecule has 1 saturated heterocycles. The van der Waals surface area contributed by atoms with E-state index in [-0.39, 0.29) is 12.5 Å². The lowest BCUT2D eigenvalue weighted by atomic mass is 9.99. The number of rotatable bonds is 45. The Bertz CT molecular complexity index is 1320. The van der Waals surface area contributed by atoms with Gasteiger partial charge in [-0.05, 0) is 70.6 Å². The molecule has 0 aromatic heterocycles. The third-order valence-corrected chi connectivity index (χ3v) is 12.5. The van der Waals surface area contributed by atoms with Gasteiger partial charge in [0.2, 0.25) is 5.91 Å². The second-order valence-electron chi connectivity index (χ2n) is 18.6. The van der Waals surface area contributed by atoms with Crippen molar-refractivity contribution in [3.63, 3.8) is 0 Å². The van der Waals surface area contributed by atoms with Crippen LogP contribution in [0.15, 0.2) is 85.1 Å². The molecule has 1 aliphatic heterocycles. The maximum atomic E-state index is 13.0. The van der Waals surface area contributed by atoms with Gasteiger partial charge in [0, 0.05) is 6.42 Å². The predicted octanol–water partition coefficient (Wildman–Crippen LogP) is 13.1. The van der Waals surface area contributed by atoms with E-state index in [1.807, 2.05) is 0 Å². The molecule has 1 heterocycles. The number of aliphatic hydroxyl groups excluding tert-OH is 5. The van der Waals surface area contributed by atoms with Gasteiger partial charge in [-0.15, -0.1) is 0 Å². The first-order chi connectivity index (χ1) is 32.8. The molecule has 1 aliphatic rings. The van der Waals surface area contributed by atoms with Gasteiger partial charge in [0.1, 0.15) is 24.4 Å². The van der Waals surface area contributed by atoms with E-state index < -0.39 is 49.5 Å². The maximum absolute atomic E-state index is 13.0. The Morgan fingerprint density at radius 3 is 1.37 bits per heavy atom. The van der Waals surface area contributed by atoms with Gasteiger partial charge < -0.3 is 40.3 Å². The summed E-state index contributed by atoms with van der Waals surface area (Å²) in [7, 11) is 0. The molecule has 1 rings (SSSR count). The highest BCUT2D eigenvalue weighted by molar-refractivity contribution is 5.76. The van der Waals surface area contributed by atoms with E-state index >= 15 is 0 Å². The van der Waals surface area contributed by atoms with Crippen LogP contribution in [0, 0.1) is 0 Å². The summed E-state index contributed by atoms with van der Waals surface area (Å²) in [4.78, 5) is 13.0. The van der Waals surface area contributed by atoms with Gasteiger partial charge in [-0.2, -0.15) is 0 Å². The van der Waals surface area contributed by atoms with Crippen LogP contribution in [0.3, 0.4) is 0 Å². The molecule has 0 bridgehead atoms. The second-order valence-corrected chi connectivity index (χ2v) is 18.6. The van der Waals surface area contributed by atoms with Gasteiger partial charge in [-0.25, -0.2) is 0 Å². The number of ether oxygens (including phenoxy) is 2. The van der Waals surface area contributed by atoms with Crippen LogP contribution in [0.4, 0.5) is 0 Å². The lowest BCUT2D eigenvalue weighted by Crippen LogP contribution is -2.60. The van der Waals surface area contributed by atoms with E-state index in [0.717, 1.165) is 96.3 Å². The summed E-state index contributed by atoms with van der Waals surface area (Å²) >= 11 is 0. The van der Waals surface area contributed by atoms with Crippen molar-refractivity contribution in [3.05, 3.63) is 85.1 Å². The Balaban J connectivity index is 2.24. The first kappa shape index (κ1) is 62.4. The second kappa shape index (κ2) is 47.1. The molecule has 6 N–H and O–H groups in total. The summed E-state index contributed by atoms with van der Waals surface area (Å²) in [6, 6.07) is -0.730. The Hall–Kier alpha value is -2.63. The summed E-state index contributed by atoms with van der Waals surface area (Å²) in [5, 5.41) is 54.6. The van der Waals surface area contributed by atoms with Gasteiger partial charge in [-0.1, -0.05) is 227 Å². The molecule has 7 atom stereocenters. The van der Waals surface area contributed by atoms with Crippen LogP contribution in [-0.4, -0.2) is 87.5 Å². The number of allylic oxidation sites excluding steroid dienone is 14. The molecule has 9 heteroatoms. The SMILES string of the molecule is CC/C=C\C/C=C\C/C=C\C/C=C\C/C=C\C/C=C\C/C=C\CCCCCCCCCC(=O)NC(COC1OC(CO)C(O)C(O)C1O)C(O)CCCCCCCCCCCCCCCCC. The third-order valence-electron chi connectivity index (χ3n) is 12.5. The fraction of sp³-hybridized carbons (Fsp3) is 0.741. The molecule has 67 heavy (non-hydrogen) atoms. The van der Waals surface area contributed by atoms with Crippen molar-refractivity contribution in [2.75, 3.05) is 13.2 Å². The van der Waals surface area contributed by atoms with Gasteiger partial charge in [0.15, 0.2) is 6.29 Å². The van der Waals surface area contributed by atoms with Crippen molar-refractivity contribution in [1.82, 2.24) is 5.32 Å². The van der Waals surface area contributed by atoms with E-state index in [1.54, 1.807) is 0 Å². The van der Waals surface area contributed by atoms with Gasteiger partial charge in [0.25, 0.3) is 0 Å². The van der Waals surface area contributed by atoms with Crippen LogP contribution < -0.4 is 5.32 Å². The molecule has 0 radical (unpaired) electrons. The number of carbonyl (C=O) groups excluding carboxylic acids is 1. The fourth-order valence-corrected chi connectivity index (χ4v) is 8.20. The van der Waals surface area contributed by atoms with Crippen LogP contribution in [0.1, 0.15) is 219 Å². The molecule has 386 valence electrons. The fourth-order valence-electron chi connectivity index (χ4n) is 8.20. The normalized spacial score (nSPS) is 20.4. The monoisotopic (exact) mass is 940 g/mol. The third kappa shape index (κ3) is 36.9. The molecule has 1 amide bonds. The highest BCUT2D eigenvalue weighted by Crippen LogP contribution is 2.23. The maximum Gasteiger partial charge on any atom is 0.220 e. The van der Waals surface area contributed by atoms with E-state index in [0.29, 0.717) is 12.8 Å². The summed E-state index contributed by atoms with van der Waals surface area (Å²) in [5.74, 6) is -0.159. The minimum absolute atomic E-state index is 0.147. The molecule has 0 aliphatic carbocycles. The largest absolute Gasteiger partial charge is 0.394 e. The number of unbranched alkanes of at least 4 members (excludes halogenated alkanes) is 21. The van der Waals surface area contributed by atoms with E-state index in [1.165, 1.54) is 96.3 Å². The number of aliphatic hydroxyl groups is 5. The molecule has 0 spiro atoms. The molecule has 0 saturated carbocycles. The van der Waals surface area contributed by atoms with Crippen LogP contribution in [0.2, 0.25) is 0 Å². The number of carbonyl (C=O) groups is 1. The first-order valence-corrected chi connectivity index (χ1v) is 27.3. The number of amides is 1. The Morgan fingerprint density at radius 2 is 0.925 bits per heavy atom. The van der Waals surface area contributed by atoms with Crippen molar-refractivity contribution < 1.29 is 39.8 Å². The van der Waals surface area contributed by atoms with Crippen molar-refractivity contribution in [2.45, 2.75) is 262 Å². The molecule has 9 nitrogen and oxygen atoms in total. The van der Waals surface area contributed by atoms with Gasteiger partial charge in [0.05, 0.1) is 25.4 Å². The average molecular weight is 940 g/mol. The summed E-state index contributed by atoms with van der Waals surface area (Å²) in [5.41, 5.74) is 0. The van der Waals surface area contributed by atoms with E-state index in [2.05, 4.69) is 104 Å². The zero-order valence-electron chi connectivity index (χ0n) is 42.6. The van der Waals surface area contributed by atoms with Crippen LogP contribution in [0.5, 0.6) is 0 Å². The molecule has 7 unspecified atom stereocenters. The Morgan fingerprint density at radius 1 is 0.522 bits per heavy atom. The zero-order chi connectivity index (χ0) is 48.7. The minimum Gasteiger partial charge on any atom is -0.394 e. The lowest BCUT2D eigenvalue weighted by molar-refractivity contribution is -0.302. The highest BCUT2D eigenvalue weighted by Gasteiger charge is 2.44. The lowest BCUT2D eigenvalue weighted by Gasteiger charge is -2.40. The zero-order valence-corrected chi connectivity index (χ0v) is 42.6. The van der Waals surface area contributed by atoms with Crippen molar-refractivity contribution in [3.8, 4) is 0 Å². The summed E-state index contributed by atoms with van der Waals surface area (Å²) in [6.45, 7) is 3.71. The quantitative estimate of drug-likeness (QED) is 0.0261. The van der Waals surface area contributed by atoms with E-state index in [4.69, 9.17) is 9.47 Å². The topological polar surface area (TPSA) is 149 Å². The summed E-state index contributed by atoms with van der Waals surface area (Å²) < 4.78 is 11.3. The molecular weight excluding hydrogens is 839 g/mol. The highest BCUT2D eigenvalue weighted by atomic mass is 16.7. The average Bonchev–Trinajstić information content (AvgIpc) is 3.33. The van der Waals surface area contributed by atoms with Gasteiger partial charge in [-0.3, -0.25) is 4.79 Å². The smallest absolute Gasteiger partial charge is 0.220 e. The van der Waals surface area contributed by atoms with Gasteiger partial charge >= 0.3 is 0 Å². The Labute approximate surface area is 410 Å². The van der Waals surface area contributed by atoms with Crippen LogP contribution in [-0.2, 0) is 14.3 Å². The number of nitrogens with one attached hydrogen (secondary N) is 1.